The highest BCUT2D eigenvalue weighted by Gasteiger charge is 2.09. The first-order valence-corrected chi connectivity index (χ1v) is 8.41. The lowest BCUT2D eigenvalue weighted by atomic mass is 10.2. The van der Waals surface area contributed by atoms with Gasteiger partial charge in [-0.25, -0.2) is 0 Å². The Morgan fingerprint density at radius 1 is 1.05 bits per heavy atom. The Kier molecular flexibility index (Phi) is 6.24. The predicted octanol–water partition coefficient (Wildman–Crippen LogP) is 5.52. The zero-order chi connectivity index (χ0) is 15.2. The van der Waals surface area contributed by atoms with Gasteiger partial charge < -0.3 is 5.32 Å². The molecule has 0 aromatic heterocycles. The lowest BCUT2D eigenvalue weighted by Gasteiger charge is -2.09. The number of carbonyl (C=O) groups excluding carboxylic acids is 1. The Bertz CT molecular complexity index is 628. The van der Waals surface area contributed by atoms with Gasteiger partial charge in [-0.3, -0.25) is 4.79 Å². The number of carbonyl (C=O) groups is 1. The molecule has 2 aromatic rings. The first-order valence-electron chi connectivity index (χ1n) is 6.12. The summed E-state index contributed by atoms with van der Waals surface area (Å²) in [5.74, 6) is 0.884. The summed E-state index contributed by atoms with van der Waals surface area (Å²) in [6.45, 7) is 0. The van der Waals surface area contributed by atoms with Gasteiger partial charge >= 0.3 is 0 Å². The zero-order valence-corrected chi connectivity index (χ0v) is 14.0. The van der Waals surface area contributed by atoms with Crippen LogP contribution in [0.15, 0.2) is 42.5 Å². The predicted molar refractivity (Wildman–Crippen MR) is 92.7 cm³/mol. The molecule has 0 heterocycles. The molecule has 1 amide bonds. The van der Waals surface area contributed by atoms with Gasteiger partial charge in [-0.1, -0.05) is 53.0 Å². The smallest absolute Gasteiger partial charge is 0.234 e. The largest absolute Gasteiger partial charge is 0.323 e. The molecule has 21 heavy (non-hydrogen) atoms. The van der Waals surface area contributed by atoms with Crippen LogP contribution in [-0.4, -0.2) is 11.7 Å². The standard InChI is InChI=1S/C15H12Cl3NOS/c16-11-4-1-3-10(7-11)8-21-9-14(20)19-15-12(17)5-2-6-13(15)18/h1-7H,8-9H2,(H,19,20). The van der Waals surface area contributed by atoms with E-state index in [2.05, 4.69) is 5.32 Å². The summed E-state index contributed by atoms with van der Waals surface area (Å²) in [6, 6.07) is 12.7. The fourth-order valence-electron chi connectivity index (χ4n) is 1.68. The summed E-state index contributed by atoms with van der Waals surface area (Å²) in [5.41, 5.74) is 1.53. The maximum Gasteiger partial charge on any atom is 0.234 e. The molecule has 0 bridgehead atoms. The fourth-order valence-corrected chi connectivity index (χ4v) is 3.16. The van der Waals surface area contributed by atoms with Gasteiger partial charge in [-0.05, 0) is 29.8 Å². The van der Waals surface area contributed by atoms with Crippen LogP contribution in [0.5, 0.6) is 0 Å². The normalized spacial score (nSPS) is 10.4. The second-order valence-electron chi connectivity index (χ2n) is 4.27. The number of anilines is 1. The molecule has 110 valence electrons. The molecule has 0 atom stereocenters. The first kappa shape index (κ1) is 16.5. The zero-order valence-electron chi connectivity index (χ0n) is 10.9. The average Bonchev–Trinajstić information content (AvgIpc) is 2.43. The van der Waals surface area contributed by atoms with E-state index >= 15 is 0 Å². The molecule has 0 aliphatic rings. The van der Waals surface area contributed by atoms with Gasteiger partial charge in [0, 0.05) is 10.8 Å². The van der Waals surface area contributed by atoms with E-state index in [-0.39, 0.29) is 5.91 Å². The molecule has 2 nitrogen and oxygen atoms in total. The fraction of sp³-hybridized carbons (Fsp3) is 0.133. The number of thioether (sulfide) groups is 1. The lowest BCUT2D eigenvalue weighted by Crippen LogP contribution is -2.14. The van der Waals surface area contributed by atoms with Crippen LogP contribution < -0.4 is 5.32 Å². The topological polar surface area (TPSA) is 29.1 Å². The molecule has 0 saturated heterocycles. The Morgan fingerprint density at radius 2 is 1.71 bits per heavy atom. The minimum absolute atomic E-state index is 0.142. The van der Waals surface area contributed by atoms with Crippen LogP contribution in [0.1, 0.15) is 5.56 Å². The van der Waals surface area contributed by atoms with E-state index in [0.717, 1.165) is 5.56 Å². The molecule has 2 rings (SSSR count). The second kappa shape index (κ2) is 7.95. The van der Waals surface area contributed by atoms with Crippen molar-refractivity contribution >= 4 is 58.2 Å². The monoisotopic (exact) mass is 359 g/mol. The van der Waals surface area contributed by atoms with Gasteiger partial charge in [0.15, 0.2) is 0 Å². The first-order chi connectivity index (χ1) is 10.1. The Labute approximate surface area is 142 Å². The number of halogens is 3. The molecular formula is C15H12Cl3NOS. The number of amides is 1. The number of hydrogen-bond acceptors (Lipinski definition) is 2. The van der Waals surface area contributed by atoms with Crippen molar-refractivity contribution < 1.29 is 4.79 Å². The minimum Gasteiger partial charge on any atom is -0.323 e. The molecule has 0 saturated carbocycles. The third kappa shape index (κ3) is 5.11. The Balaban J connectivity index is 1.85. The number of para-hydroxylation sites is 1. The molecule has 6 heteroatoms. The molecule has 0 radical (unpaired) electrons. The highest BCUT2D eigenvalue weighted by molar-refractivity contribution is 7.99. The van der Waals surface area contributed by atoms with Crippen molar-refractivity contribution in [2.75, 3.05) is 11.1 Å². The van der Waals surface area contributed by atoms with Crippen molar-refractivity contribution in [3.63, 3.8) is 0 Å². The molecule has 0 aliphatic heterocycles. The van der Waals surface area contributed by atoms with E-state index in [1.807, 2.05) is 24.3 Å². The van der Waals surface area contributed by atoms with Crippen LogP contribution in [0.4, 0.5) is 5.69 Å². The number of benzene rings is 2. The molecule has 2 aromatic carbocycles. The molecule has 0 spiro atoms. The van der Waals surface area contributed by atoms with Crippen molar-refractivity contribution in [1.82, 2.24) is 0 Å². The van der Waals surface area contributed by atoms with Crippen molar-refractivity contribution in [1.29, 1.82) is 0 Å². The van der Waals surface area contributed by atoms with Gasteiger partial charge in [0.1, 0.15) is 0 Å². The maximum atomic E-state index is 11.9. The average molecular weight is 361 g/mol. The summed E-state index contributed by atoms with van der Waals surface area (Å²) < 4.78 is 0. The lowest BCUT2D eigenvalue weighted by molar-refractivity contribution is -0.113. The van der Waals surface area contributed by atoms with Crippen LogP contribution in [0.3, 0.4) is 0 Å². The van der Waals surface area contributed by atoms with E-state index < -0.39 is 0 Å². The van der Waals surface area contributed by atoms with Crippen LogP contribution in [0.25, 0.3) is 0 Å². The van der Waals surface area contributed by atoms with Crippen LogP contribution in [-0.2, 0) is 10.5 Å². The molecule has 0 unspecified atom stereocenters. The van der Waals surface area contributed by atoms with Crippen LogP contribution in [0.2, 0.25) is 15.1 Å². The Hall–Kier alpha value is -0.870. The third-order valence-electron chi connectivity index (χ3n) is 2.62. The summed E-state index contributed by atoms with van der Waals surface area (Å²) >= 11 is 19.4. The van der Waals surface area contributed by atoms with Crippen LogP contribution in [0, 0.1) is 0 Å². The van der Waals surface area contributed by atoms with Gasteiger partial charge in [0.2, 0.25) is 5.91 Å². The summed E-state index contributed by atoms with van der Waals surface area (Å²) in [7, 11) is 0. The Morgan fingerprint density at radius 3 is 2.38 bits per heavy atom. The third-order valence-corrected chi connectivity index (χ3v) is 4.49. The molecule has 0 aliphatic carbocycles. The molecule has 0 fully saturated rings. The van der Waals surface area contributed by atoms with Gasteiger partial charge in [0.25, 0.3) is 0 Å². The van der Waals surface area contributed by atoms with Crippen molar-refractivity contribution in [2.45, 2.75) is 5.75 Å². The SMILES string of the molecule is O=C(CSCc1cccc(Cl)c1)Nc1c(Cl)cccc1Cl. The van der Waals surface area contributed by atoms with E-state index in [4.69, 9.17) is 34.8 Å². The van der Waals surface area contributed by atoms with Gasteiger partial charge in [-0.15, -0.1) is 11.8 Å². The number of hydrogen-bond donors (Lipinski definition) is 1. The molecular weight excluding hydrogens is 349 g/mol. The number of rotatable bonds is 5. The van der Waals surface area contributed by atoms with E-state index in [1.54, 1.807) is 18.2 Å². The van der Waals surface area contributed by atoms with Crippen molar-refractivity contribution in [2.24, 2.45) is 0 Å². The summed E-state index contributed by atoms with van der Waals surface area (Å²) in [5, 5.41) is 4.27. The van der Waals surface area contributed by atoms with Gasteiger partial charge in [-0.2, -0.15) is 0 Å². The minimum atomic E-state index is -0.142. The maximum absolute atomic E-state index is 11.9. The van der Waals surface area contributed by atoms with Crippen LogP contribution >= 0.6 is 46.6 Å². The van der Waals surface area contributed by atoms with Crippen molar-refractivity contribution in [3.8, 4) is 0 Å². The second-order valence-corrected chi connectivity index (χ2v) is 6.50. The van der Waals surface area contributed by atoms with E-state index in [9.17, 15) is 4.79 Å². The number of nitrogens with one attached hydrogen (secondary N) is 1. The highest BCUT2D eigenvalue weighted by Crippen LogP contribution is 2.30. The highest BCUT2D eigenvalue weighted by atomic mass is 35.5. The van der Waals surface area contributed by atoms with Gasteiger partial charge in [0.05, 0.1) is 21.5 Å². The molecule has 1 N–H and O–H groups in total. The quantitative estimate of drug-likeness (QED) is 0.760. The van der Waals surface area contributed by atoms with E-state index in [0.29, 0.717) is 32.3 Å². The summed E-state index contributed by atoms with van der Waals surface area (Å²) in [4.78, 5) is 11.9. The van der Waals surface area contributed by atoms with Crippen molar-refractivity contribution in [3.05, 3.63) is 63.1 Å². The van der Waals surface area contributed by atoms with E-state index in [1.165, 1.54) is 11.8 Å². The summed E-state index contributed by atoms with van der Waals surface area (Å²) in [6.07, 6.45) is 0.